The Labute approximate surface area is 161 Å². The zero-order valence-corrected chi connectivity index (χ0v) is 15.2. The molecule has 1 amide bonds. The molecule has 0 spiro atoms. The number of benzene rings is 2. The van der Waals surface area contributed by atoms with E-state index in [4.69, 9.17) is 0 Å². The summed E-state index contributed by atoms with van der Waals surface area (Å²) in [6, 6.07) is 11.2. The van der Waals surface area contributed by atoms with Gasteiger partial charge in [-0.1, -0.05) is 18.2 Å². The fraction of sp³-hybridized carbons (Fsp3) is 0.300. The standard InChI is InChI=1S/C20H21F3N4O/c21-15-9-10-16(19(23)18(15)22)26-17(28)13-24-20(27-11-5-2-6-12-27)25-14-7-3-1-4-8-14/h1,3-4,7-10H,2,5-6,11-13H2,(H,24,25)(H,26,28). The summed E-state index contributed by atoms with van der Waals surface area (Å²) in [5, 5.41) is 5.43. The van der Waals surface area contributed by atoms with Gasteiger partial charge >= 0.3 is 0 Å². The van der Waals surface area contributed by atoms with Gasteiger partial charge in [-0.05, 0) is 43.5 Å². The van der Waals surface area contributed by atoms with Crippen LogP contribution in [0.25, 0.3) is 0 Å². The highest BCUT2D eigenvalue weighted by Crippen LogP contribution is 2.19. The molecule has 2 aromatic rings. The van der Waals surface area contributed by atoms with Gasteiger partial charge in [0.2, 0.25) is 5.91 Å². The SMILES string of the molecule is O=C(CN=C(Nc1ccccc1)N1CCCCC1)Nc1ccc(F)c(F)c1F. The summed E-state index contributed by atoms with van der Waals surface area (Å²) in [4.78, 5) is 18.5. The van der Waals surface area contributed by atoms with Crippen molar-refractivity contribution in [1.82, 2.24) is 4.90 Å². The highest BCUT2D eigenvalue weighted by Gasteiger charge is 2.17. The summed E-state index contributed by atoms with van der Waals surface area (Å²) < 4.78 is 40.0. The molecule has 148 valence electrons. The van der Waals surface area contributed by atoms with Crippen molar-refractivity contribution in [2.45, 2.75) is 19.3 Å². The van der Waals surface area contributed by atoms with Crippen molar-refractivity contribution in [3.63, 3.8) is 0 Å². The second-order valence-corrected chi connectivity index (χ2v) is 6.45. The van der Waals surface area contributed by atoms with Crippen LogP contribution in [0.15, 0.2) is 47.5 Å². The fourth-order valence-corrected chi connectivity index (χ4v) is 2.93. The normalized spacial score (nSPS) is 14.7. The Morgan fingerprint density at radius 3 is 2.36 bits per heavy atom. The molecule has 0 unspecified atom stereocenters. The van der Waals surface area contributed by atoms with Crippen LogP contribution in [0.2, 0.25) is 0 Å². The van der Waals surface area contributed by atoms with Crippen LogP contribution in [-0.4, -0.2) is 36.4 Å². The van der Waals surface area contributed by atoms with Crippen molar-refractivity contribution in [3.8, 4) is 0 Å². The van der Waals surface area contributed by atoms with Gasteiger partial charge in [0.1, 0.15) is 6.54 Å². The van der Waals surface area contributed by atoms with Gasteiger partial charge < -0.3 is 15.5 Å². The first kappa shape index (κ1) is 19.7. The van der Waals surface area contributed by atoms with Crippen molar-refractivity contribution < 1.29 is 18.0 Å². The van der Waals surface area contributed by atoms with E-state index < -0.39 is 29.0 Å². The molecule has 3 rings (SSSR count). The van der Waals surface area contributed by atoms with Gasteiger partial charge in [0, 0.05) is 18.8 Å². The number of rotatable bonds is 4. The maximum Gasteiger partial charge on any atom is 0.246 e. The molecular formula is C20H21F3N4O. The van der Waals surface area contributed by atoms with Crippen LogP contribution in [0.3, 0.4) is 0 Å². The molecule has 0 saturated carbocycles. The highest BCUT2D eigenvalue weighted by atomic mass is 19.2. The summed E-state index contributed by atoms with van der Waals surface area (Å²) in [5.41, 5.74) is 0.411. The average Bonchev–Trinajstić information content (AvgIpc) is 2.73. The van der Waals surface area contributed by atoms with Gasteiger partial charge in [0.05, 0.1) is 5.69 Å². The van der Waals surface area contributed by atoms with Gasteiger partial charge in [0.15, 0.2) is 23.4 Å². The molecule has 2 aromatic carbocycles. The van der Waals surface area contributed by atoms with Crippen LogP contribution < -0.4 is 10.6 Å². The van der Waals surface area contributed by atoms with Crippen molar-refractivity contribution in [2.75, 3.05) is 30.3 Å². The number of amides is 1. The van der Waals surface area contributed by atoms with Gasteiger partial charge in [-0.15, -0.1) is 0 Å². The lowest BCUT2D eigenvalue weighted by Gasteiger charge is -2.30. The molecule has 0 bridgehead atoms. The molecule has 1 heterocycles. The smallest absolute Gasteiger partial charge is 0.246 e. The zero-order chi connectivity index (χ0) is 19.9. The molecule has 28 heavy (non-hydrogen) atoms. The second kappa shape index (κ2) is 9.25. The topological polar surface area (TPSA) is 56.7 Å². The molecule has 1 aliphatic rings. The number of halogens is 3. The zero-order valence-electron chi connectivity index (χ0n) is 15.2. The number of carbonyl (C=O) groups excluding carboxylic acids is 1. The van der Waals surface area contributed by atoms with Crippen molar-refractivity contribution in [3.05, 3.63) is 59.9 Å². The van der Waals surface area contributed by atoms with Crippen LogP contribution in [0.5, 0.6) is 0 Å². The molecule has 0 aliphatic carbocycles. The number of hydrogen-bond acceptors (Lipinski definition) is 2. The summed E-state index contributed by atoms with van der Waals surface area (Å²) in [6.45, 7) is 1.35. The monoisotopic (exact) mass is 390 g/mol. The molecule has 1 aliphatic heterocycles. The van der Waals surface area contributed by atoms with Gasteiger partial charge in [-0.3, -0.25) is 4.79 Å². The first-order chi connectivity index (χ1) is 13.5. The van der Waals surface area contributed by atoms with Crippen molar-refractivity contribution >= 4 is 23.2 Å². The molecule has 0 aromatic heterocycles. The first-order valence-electron chi connectivity index (χ1n) is 9.09. The lowest BCUT2D eigenvalue weighted by atomic mass is 10.1. The minimum Gasteiger partial charge on any atom is -0.343 e. The Morgan fingerprint density at radius 2 is 1.64 bits per heavy atom. The second-order valence-electron chi connectivity index (χ2n) is 6.45. The summed E-state index contributed by atoms with van der Waals surface area (Å²) in [6.07, 6.45) is 3.20. The molecule has 8 heteroatoms. The van der Waals surface area contributed by atoms with E-state index in [-0.39, 0.29) is 6.54 Å². The third kappa shape index (κ3) is 5.03. The van der Waals surface area contributed by atoms with Crippen molar-refractivity contribution in [2.24, 2.45) is 4.99 Å². The molecular weight excluding hydrogens is 369 g/mol. The third-order valence-corrected chi connectivity index (χ3v) is 4.37. The van der Waals surface area contributed by atoms with Gasteiger partial charge in [0.25, 0.3) is 0 Å². The van der Waals surface area contributed by atoms with E-state index >= 15 is 0 Å². The Hall–Kier alpha value is -3.03. The van der Waals surface area contributed by atoms with E-state index in [1.54, 1.807) is 0 Å². The number of piperidine rings is 1. The molecule has 0 radical (unpaired) electrons. The number of likely N-dealkylation sites (tertiary alicyclic amines) is 1. The van der Waals surface area contributed by atoms with Crippen LogP contribution >= 0.6 is 0 Å². The number of nitrogens with one attached hydrogen (secondary N) is 2. The molecule has 1 saturated heterocycles. The summed E-state index contributed by atoms with van der Waals surface area (Å²) in [7, 11) is 0. The van der Waals surface area contributed by atoms with Gasteiger partial charge in [-0.2, -0.15) is 0 Å². The Morgan fingerprint density at radius 1 is 0.929 bits per heavy atom. The maximum absolute atomic E-state index is 13.7. The fourth-order valence-electron chi connectivity index (χ4n) is 2.93. The van der Waals surface area contributed by atoms with Crippen LogP contribution in [-0.2, 0) is 4.79 Å². The van der Waals surface area contributed by atoms with E-state index in [2.05, 4.69) is 20.5 Å². The van der Waals surface area contributed by atoms with Crippen LogP contribution in [0.1, 0.15) is 19.3 Å². The first-order valence-corrected chi connectivity index (χ1v) is 9.09. The van der Waals surface area contributed by atoms with Crippen molar-refractivity contribution in [1.29, 1.82) is 0 Å². The highest BCUT2D eigenvalue weighted by molar-refractivity contribution is 5.97. The number of nitrogens with zero attached hydrogens (tertiary/aromatic N) is 2. The van der Waals surface area contributed by atoms with E-state index in [0.29, 0.717) is 5.96 Å². The van der Waals surface area contributed by atoms with Crippen LogP contribution in [0.4, 0.5) is 24.5 Å². The molecule has 2 N–H and O–H groups in total. The number of aliphatic imine (C=N–C) groups is 1. The minimum atomic E-state index is -1.62. The predicted octanol–water partition coefficient (Wildman–Crippen LogP) is 4.00. The van der Waals surface area contributed by atoms with E-state index in [1.807, 2.05) is 30.3 Å². The maximum atomic E-state index is 13.7. The Balaban J connectivity index is 1.71. The quantitative estimate of drug-likeness (QED) is 0.471. The minimum absolute atomic E-state index is 0.288. The lowest BCUT2D eigenvalue weighted by molar-refractivity contribution is -0.114. The number of hydrogen-bond donors (Lipinski definition) is 2. The lowest BCUT2D eigenvalue weighted by Crippen LogP contribution is -2.40. The van der Waals surface area contributed by atoms with Crippen LogP contribution in [0, 0.1) is 17.5 Å². The predicted molar refractivity (Wildman–Crippen MR) is 103 cm³/mol. The Bertz CT molecular complexity index is 852. The van der Waals surface area contributed by atoms with E-state index in [0.717, 1.165) is 50.2 Å². The molecule has 1 fully saturated rings. The number of guanidine groups is 1. The van der Waals surface area contributed by atoms with E-state index in [1.165, 1.54) is 0 Å². The molecule has 0 atom stereocenters. The number of anilines is 2. The molecule has 5 nitrogen and oxygen atoms in total. The average molecular weight is 390 g/mol. The Kier molecular flexibility index (Phi) is 6.52. The van der Waals surface area contributed by atoms with Gasteiger partial charge in [-0.25, -0.2) is 18.2 Å². The summed E-state index contributed by atoms with van der Waals surface area (Å²) in [5.74, 6) is -4.45. The number of carbonyl (C=O) groups is 1. The largest absolute Gasteiger partial charge is 0.343 e. The third-order valence-electron chi connectivity index (χ3n) is 4.37. The number of para-hydroxylation sites is 1. The van der Waals surface area contributed by atoms with E-state index in [9.17, 15) is 18.0 Å². The summed E-state index contributed by atoms with van der Waals surface area (Å²) >= 11 is 0.